The number of rotatable bonds is 24. The third kappa shape index (κ3) is 45.2. The SMILES string of the molecule is CCCC[N+](CCCC)(CCCC)CCCC.CCCC[N+](CCCC)(CCCC)CCCC.CN(C)C(=O)N(C)C.F[P-](F)(F)(F)(F)F.[F-]. The molecular formula is C37H84F7N4OP. The van der Waals surface area contributed by atoms with Gasteiger partial charge < -0.3 is 23.5 Å². The van der Waals surface area contributed by atoms with E-state index in [0.717, 1.165) is 0 Å². The Morgan fingerprint density at radius 1 is 0.400 bits per heavy atom. The van der Waals surface area contributed by atoms with Gasteiger partial charge in [-0.1, -0.05) is 107 Å². The fraction of sp³-hybridized carbons (Fsp3) is 0.973. The molecule has 0 radical (unpaired) electrons. The van der Waals surface area contributed by atoms with Crippen molar-refractivity contribution in [2.24, 2.45) is 0 Å². The summed E-state index contributed by atoms with van der Waals surface area (Å²) < 4.78 is 62.0. The number of hydrogen-bond donors (Lipinski definition) is 0. The summed E-state index contributed by atoms with van der Waals surface area (Å²) >= 11 is 0. The van der Waals surface area contributed by atoms with Crippen molar-refractivity contribution in [1.82, 2.24) is 9.80 Å². The van der Waals surface area contributed by atoms with Crippen LogP contribution < -0.4 is 4.70 Å². The summed E-state index contributed by atoms with van der Waals surface area (Å²) in [6.07, 6.45) is 22.1. The van der Waals surface area contributed by atoms with Crippen molar-refractivity contribution in [1.29, 1.82) is 0 Å². The second kappa shape index (κ2) is 30.6. The monoisotopic (exact) mass is 765 g/mol. The summed E-state index contributed by atoms with van der Waals surface area (Å²) in [6, 6.07) is 0.0185. The maximum Gasteiger partial charge on any atom is -1.00 e. The van der Waals surface area contributed by atoms with E-state index in [1.807, 2.05) is 0 Å². The van der Waals surface area contributed by atoms with Crippen LogP contribution in [0, 0.1) is 0 Å². The van der Waals surface area contributed by atoms with Crippen LogP contribution in [0.5, 0.6) is 0 Å². The molecule has 0 aliphatic rings. The molecule has 50 heavy (non-hydrogen) atoms. The molecular weight excluding hydrogens is 680 g/mol. The van der Waals surface area contributed by atoms with Gasteiger partial charge in [0.2, 0.25) is 0 Å². The molecule has 13 heteroatoms. The summed E-state index contributed by atoms with van der Waals surface area (Å²) in [4.78, 5) is 13.8. The normalized spacial score (nSPS) is 12.8. The first-order valence-corrected chi connectivity index (χ1v) is 21.7. The maximum atomic E-state index is 10.7. The van der Waals surface area contributed by atoms with E-state index >= 15 is 0 Å². The van der Waals surface area contributed by atoms with Crippen molar-refractivity contribution in [3.63, 3.8) is 0 Å². The van der Waals surface area contributed by atoms with Crippen molar-refractivity contribution in [3.8, 4) is 0 Å². The number of urea groups is 1. The Bertz CT molecular complexity index is 623. The topological polar surface area (TPSA) is 23.6 Å². The summed E-state index contributed by atoms with van der Waals surface area (Å²) in [6.45, 7) is 30.0. The van der Waals surface area contributed by atoms with Gasteiger partial charge in [0, 0.05) is 28.2 Å². The second-order valence-electron chi connectivity index (χ2n) is 14.3. The minimum Gasteiger partial charge on any atom is -1.00 e. The Balaban J connectivity index is -0.000000191. The predicted molar refractivity (Wildman–Crippen MR) is 205 cm³/mol. The van der Waals surface area contributed by atoms with Gasteiger partial charge in [-0.25, -0.2) is 4.79 Å². The largest absolute Gasteiger partial charge is 1.00 e. The number of halogens is 7. The molecule has 0 rings (SSSR count). The minimum absolute atomic E-state index is 0. The van der Waals surface area contributed by atoms with Crippen LogP contribution in [0.15, 0.2) is 0 Å². The van der Waals surface area contributed by atoms with Gasteiger partial charge in [0.25, 0.3) is 0 Å². The van der Waals surface area contributed by atoms with Gasteiger partial charge in [-0.15, -0.1) is 0 Å². The number of hydrogen-bond acceptors (Lipinski definition) is 1. The van der Waals surface area contributed by atoms with Crippen LogP contribution in [0.25, 0.3) is 0 Å². The van der Waals surface area contributed by atoms with Crippen LogP contribution in [-0.4, -0.2) is 105 Å². The molecule has 0 aliphatic carbocycles. The third-order valence-electron chi connectivity index (χ3n) is 8.65. The summed E-state index contributed by atoms with van der Waals surface area (Å²) in [5, 5.41) is 0. The molecule has 0 bridgehead atoms. The first-order chi connectivity index (χ1) is 22.5. The van der Waals surface area contributed by atoms with Crippen molar-refractivity contribution >= 4 is 13.8 Å². The fourth-order valence-corrected chi connectivity index (χ4v) is 5.69. The average Bonchev–Trinajstić information content (AvgIpc) is 3.02. The summed E-state index contributed by atoms with van der Waals surface area (Å²) in [7, 11) is -3.76. The van der Waals surface area contributed by atoms with Crippen molar-refractivity contribution in [2.45, 2.75) is 158 Å². The van der Waals surface area contributed by atoms with E-state index in [9.17, 15) is 30.0 Å². The zero-order valence-corrected chi connectivity index (χ0v) is 35.7. The van der Waals surface area contributed by atoms with Gasteiger partial charge in [-0.3, -0.25) is 0 Å². The summed E-state index contributed by atoms with van der Waals surface area (Å²) in [5.74, 6) is 0. The molecule has 0 aromatic heterocycles. The van der Waals surface area contributed by atoms with Gasteiger partial charge in [0.15, 0.2) is 0 Å². The number of quaternary nitrogens is 2. The van der Waals surface area contributed by atoms with Gasteiger partial charge in [-0.2, -0.15) is 0 Å². The van der Waals surface area contributed by atoms with E-state index in [2.05, 4.69) is 55.4 Å². The van der Waals surface area contributed by atoms with Crippen LogP contribution in [0.3, 0.4) is 0 Å². The van der Waals surface area contributed by atoms with Gasteiger partial charge in [0.05, 0.1) is 52.4 Å². The van der Waals surface area contributed by atoms with Crippen LogP contribution in [0.4, 0.5) is 30.0 Å². The smallest absolute Gasteiger partial charge is 1.00 e. The van der Waals surface area contributed by atoms with E-state index in [-0.39, 0.29) is 10.7 Å². The van der Waals surface area contributed by atoms with Crippen molar-refractivity contribution < 1.29 is 43.6 Å². The molecule has 0 fully saturated rings. The van der Waals surface area contributed by atoms with E-state index in [0.29, 0.717) is 0 Å². The molecule has 0 N–H and O–H groups in total. The molecule has 312 valence electrons. The second-order valence-corrected chi connectivity index (χ2v) is 16.2. The third-order valence-corrected chi connectivity index (χ3v) is 8.65. The molecule has 0 heterocycles. The first kappa shape index (κ1) is 58.4. The van der Waals surface area contributed by atoms with E-state index < -0.39 is 7.81 Å². The average molecular weight is 765 g/mol. The maximum absolute atomic E-state index is 10.7. The zero-order valence-electron chi connectivity index (χ0n) is 34.8. The van der Waals surface area contributed by atoms with Gasteiger partial charge >= 0.3 is 39.0 Å². The molecule has 0 saturated carbocycles. The fourth-order valence-electron chi connectivity index (χ4n) is 5.69. The summed E-state index contributed by atoms with van der Waals surface area (Å²) in [5.41, 5.74) is 0. The number of amides is 2. The number of nitrogens with zero attached hydrogens (tertiary/aromatic N) is 4. The molecule has 0 unspecified atom stereocenters. The zero-order chi connectivity index (χ0) is 39.1. The van der Waals surface area contributed by atoms with Gasteiger partial charge in [-0.05, 0) is 51.4 Å². The standard InChI is InChI=1S/2C16H36N.C5H12N2O.F6P.FH/c2*1-5-9-13-17(14-10-6-2,15-11-7-3)16-12-8-4;1-6(2)5(8)7(3)4;1-7(2,3,4,5)6;/h2*5-16H2,1-4H3;1-4H3;;1H/q2*+1;;-1;/p-1. The minimum atomic E-state index is -10.7. The number of carbonyl (C=O) groups excluding carboxylic acids is 1. The Morgan fingerprint density at radius 2 is 0.520 bits per heavy atom. The van der Waals surface area contributed by atoms with Crippen LogP contribution >= 0.6 is 7.81 Å². The van der Waals surface area contributed by atoms with E-state index in [1.165, 1.54) is 174 Å². The Labute approximate surface area is 305 Å². The quantitative estimate of drug-likeness (QED) is 0.0546. The molecule has 0 aromatic rings. The number of unbranched alkanes of at least 4 members (excludes halogenated alkanes) is 8. The van der Waals surface area contributed by atoms with Crippen LogP contribution in [0.2, 0.25) is 0 Å². The molecule has 0 spiro atoms. The molecule has 0 aromatic carbocycles. The first-order valence-electron chi connectivity index (χ1n) is 19.6. The number of carbonyl (C=O) groups is 1. The Morgan fingerprint density at radius 3 is 0.580 bits per heavy atom. The molecule has 5 nitrogen and oxygen atoms in total. The van der Waals surface area contributed by atoms with E-state index in [1.54, 1.807) is 28.2 Å². The van der Waals surface area contributed by atoms with Crippen molar-refractivity contribution in [2.75, 3.05) is 80.5 Å². The van der Waals surface area contributed by atoms with Crippen LogP contribution in [-0.2, 0) is 0 Å². The molecule has 0 atom stereocenters. The molecule has 0 saturated heterocycles. The van der Waals surface area contributed by atoms with Gasteiger partial charge in [0.1, 0.15) is 0 Å². The molecule has 0 aliphatic heterocycles. The predicted octanol–water partition coefficient (Wildman–Crippen LogP) is 10.6. The van der Waals surface area contributed by atoms with Crippen molar-refractivity contribution in [3.05, 3.63) is 0 Å². The molecule has 2 amide bonds. The van der Waals surface area contributed by atoms with E-state index in [4.69, 9.17) is 0 Å². The van der Waals surface area contributed by atoms with Crippen LogP contribution in [0.1, 0.15) is 158 Å². The Hall–Kier alpha value is -0.870. The Kier molecular flexibility index (Phi) is 35.7.